The number of halogens is 1. The van der Waals surface area contributed by atoms with Gasteiger partial charge in [-0.1, -0.05) is 0 Å². The van der Waals surface area contributed by atoms with Crippen LogP contribution in [0.1, 0.15) is 49.4 Å². The van der Waals surface area contributed by atoms with Crippen molar-refractivity contribution in [2.24, 2.45) is 0 Å². The molecule has 1 unspecified atom stereocenters. The molecule has 29 heavy (non-hydrogen) atoms. The summed E-state index contributed by atoms with van der Waals surface area (Å²) in [5, 5.41) is 6.33. The molecule has 162 valence electrons. The van der Waals surface area contributed by atoms with E-state index in [-0.39, 0.29) is 30.8 Å². The molecule has 1 aromatic rings. The first-order valence-corrected chi connectivity index (χ1v) is 10.4. The molecule has 2 heterocycles. The molecule has 1 atom stereocenters. The molecule has 7 nitrogen and oxygen atoms in total. The molecular formula is C21H32ClN3O4. The molecule has 8 heteroatoms. The van der Waals surface area contributed by atoms with Crippen LogP contribution in [0.3, 0.4) is 0 Å². The minimum absolute atomic E-state index is 0. The highest BCUT2D eigenvalue weighted by Gasteiger charge is 2.19. The van der Waals surface area contributed by atoms with Crippen molar-refractivity contribution in [3.05, 3.63) is 23.8 Å². The molecule has 0 aromatic heterocycles. The lowest BCUT2D eigenvalue weighted by Crippen LogP contribution is -2.38. The van der Waals surface area contributed by atoms with Gasteiger partial charge in [0, 0.05) is 31.2 Å². The predicted octanol–water partition coefficient (Wildman–Crippen LogP) is 2.38. The number of rotatable bonds is 8. The van der Waals surface area contributed by atoms with Gasteiger partial charge in [-0.15, -0.1) is 12.4 Å². The van der Waals surface area contributed by atoms with Crippen LogP contribution in [-0.2, 0) is 4.79 Å². The van der Waals surface area contributed by atoms with Crippen molar-refractivity contribution in [2.45, 2.75) is 45.1 Å². The Hall–Kier alpha value is -1.99. The fourth-order valence-electron chi connectivity index (χ4n) is 3.66. The Morgan fingerprint density at radius 2 is 1.93 bits per heavy atom. The molecule has 0 bridgehead atoms. The third kappa shape index (κ3) is 6.78. The maximum atomic E-state index is 12.4. The average molecular weight is 426 g/mol. The Bertz CT molecular complexity index is 674. The largest absolute Gasteiger partial charge is 0.490 e. The van der Waals surface area contributed by atoms with Crippen molar-refractivity contribution in [1.29, 1.82) is 0 Å². The SMILES string of the molecule is CCOc1cc(C(=O)NCC2CCCN2)ccc1OCC(=O)N1CCCCC1.Cl. The fraction of sp³-hybridized carbons (Fsp3) is 0.619. The van der Waals surface area contributed by atoms with E-state index < -0.39 is 0 Å². The van der Waals surface area contributed by atoms with E-state index in [4.69, 9.17) is 9.47 Å². The number of nitrogens with one attached hydrogen (secondary N) is 2. The molecule has 2 aliphatic heterocycles. The number of benzene rings is 1. The minimum Gasteiger partial charge on any atom is -0.490 e. The monoisotopic (exact) mass is 425 g/mol. The number of carbonyl (C=O) groups is 2. The van der Waals surface area contributed by atoms with Gasteiger partial charge in [-0.3, -0.25) is 9.59 Å². The first kappa shape index (κ1) is 23.3. The second-order valence-corrected chi connectivity index (χ2v) is 7.33. The summed E-state index contributed by atoms with van der Waals surface area (Å²) in [6.45, 7) is 5.54. The summed E-state index contributed by atoms with van der Waals surface area (Å²) >= 11 is 0. The van der Waals surface area contributed by atoms with E-state index in [1.165, 1.54) is 6.42 Å². The molecule has 0 radical (unpaired) electrons. The number of nitrogens with zero attached hydrogens (tertiary/aromatic N) is 1. The normalized spacial score (nSPS) is 18.7. The number of likely N-dealkylation sites (tertiary alicyclic amines) is 1. The molecule has 3 rings (SSSR count). The number of hydrogen-bond acceptors (Lipinski definition) is 5. The van der Waals surface area contributed by atoms with Crippen LogP contribution < -0.4 is 20.1 Å². The van der Waals surface area contributed by atoms with Crippen LogP contribution in [0, 0.1) is 0 Å². The molecule has 2 N–H and O–H groups in total. The summed E-state index contributed by atoms with van der Waals surface area (Å²) < 4.78 is 11.4. The second-order valence-electron chi connectivity index (χ2n) is 7.33. The van der Waals surface area contributed by atoms with Gasteiger partial charge in [0.1, 0.15) is 0 Å². The highest BCUT2D eigenvalue weighted by atomic mass is 35.5. The lowest BCUT2D eigenvalue weighted by Gasteiger charge is -2.26. The van der Waals surface area contributed by atoms with Gasteiger partial charge < -0.3 is 25.0 Å². The topological polar surface area (TPSA) is 79.9 Å². The summed E-state index contributed by atoms with van der Waals surface area (Å²) in [6, 6.07) is 5.44. The Balaban J connectivity index is 0.00000300. The zero-order valence-corrected chi connectivity index (χ0v) is 17.9. The zero-order chi connectivity index (χ0) is 19.8. The highest BCUT2D eigenvalue weighted by Crippen LogP contribution is 2.28. The summed E-state index contributed by atoms with van der Waals surface area (Å²) in [5.41, 5.74) is 0.524. The Kier molecular flexibility index (Phi) is 9.54. The van der Waals surface area contributed by atoms with Crippen molar-refractivity contribution in [1.82, 2.24) is 15.5 Å². The van der Waals surface area contributed by atoms with Crippen LogP contribution in [0.15, 0.2) is 18.2 Å². The standard InChI is InChI=1S/C21H31N3O4.ClH/c1-2-27-19-13-16(21(26)23-14-17-7-6-10-22-17)8-9-18(19)28-15-20(25)24-11-4-3-5-12-24;/h8-9,13,17,22H,2-7,10-12,14-15H2,1H3,(H,23,26);1H. The van der Waals surface area contributed by atoms with E-state index in [9.17, 15) is 9.59 Å². The average Bonchev–Trinajstić information content (AvgIpc) is 3.25. The Labute approximate surface area is 178 Å². The first-order chi connectivity index (χ1) is 13.7. The van der Waals surface area contributed by atoms with Gasteiger partial charge in [-0.25, -0.2) is 0 Å². The minimum atomic E-state index is -0.134. The van der Waals surface area contributed by atoms with E-state index in [0.717, 1.165) is 45.3 Å². The van der Waals surface area contributed by atoms with Crippen molar-refractivity contribution in [3.8, 4) is 11.5 Å². The van der Waals surface area contributed by atoms with Gasteiger partial charge in [0.25, 0.3) is 11.8 Å². The summed E-state index contributed by atoms with van der Waals surface area (Å²) in [7, 11) is 0. The third-order valence-electron chi connectivity index (χ3n) is 5.24. The molecule has 0 aliphatic carbocycles. The second kappa shape index (κ2) is 11.9. The molecule has 0 spiro atoms. The third-order valence-corrected chi connectivity index (χ3v) is 5.24. The fourth-order valence-corrected chi connectivity index (χ4v) is 3.66. The van der Waals surface area contributed by atoms with Crippen LogP contribution in [0.25, 0.3) is 0 Å². The lowest BCUT2D eigenvalue weighted by molar-refractivity contribution is -0.134. The number of amides is 2. The van der Waals surface area contributed by atoms with Crippen LogP contribution in [0.5, 0.6) is 11.5 Å². The highest BCUT2D eigenvalue weighted by molar-refractivity contribution is 5.95. The quantitative estimate of drug-likeness (QED) is 0.668. The summed E-state index contributed by atoms with van der Waals surface area (Å²) in [6.07, 6.45) is 5.52. The van der Waals surface area contributed by atoms with Gasteiger partial charge in [-0.2, -0.15) is 0 Å². The van der Waals surface area contributed by atoms with Crippen LogP contribution in [0.2, 0.25) is 0 Å². The van der Waals surface area contributed by atoms with Gasteiger partial charge in [0.2, 0.25) is 0 Å². The van der Waals surface area contributed by atoms with Crippen molar-refractivity contribution in [2.75, 3.05) is 39.4 Å². The zero-order valence-electron chi connectivity index (χ0n) is 17.1. The Morgan fingerprint density at radius 3 is 2.62 bits per heavy atom. The van der Waals surface area contributed by atoms with Gasteiger partial charge in [0.05, 0.1) is 6.61 Å². The number of carbonyl (C=O) groups excluding carboxylic acids is 2. The van der Waals surface area contributed by atoms with Crippen LogP contribution in [0.4, 0.5) is 0 Å². The van der Waals surface area contributed by atoms with Crippen molar-refractivity contribution >= 4 is 24.2 Å². The van der Waals surface area contributed by atoms with Crippen LogP contribution in [-0.4, -0.2) is 62.1 Å². The number of ether oxygens (including phenoxy) is 2. The van der Waals surface area contributed by atoms with Crippen LogP contribution >= 0.6 is 12.4 Å². The maximum absolute atomic E-state index is 12.4. The van der Waals surface area contributed by atoms with E-state index in [1.807, 2.05) is 11.8 Å². The van der Waals surface area contributed by atoms with Crippen molar-refractivity contribution < 1.29 is 19.1 Å². The molecule has 1 aromatic carbocycles. The summed E-state index contributed by atoms with van der Waals surface area (Å²) in [4.78, 5) is 26.6. The molecule has 2 fully saturated rings. The first-order valence-electron chi connectivity index (χ1n) is 10.4. The Morgan fingerprint density at radius 1 is 1.14 bits per heavy atom. The summed E-state index contributed by atoms with van der Waals surface area (Å²) in [5.74, 6) is 0.834. The van der Waals surface area contributed by atoms with E-state index >= 15 is 0 Å². The van der Waals surface area contributed by atoms with E-state index in [0.29, 0.717) is 36.3 Å². The van der Waals surface area contributed by atoms with E-state index in [2.05, 4.69) is 10.6 Å². The number of piperidine rings is 1. The molecule has 2 aliphatic rings. The lowest BCUT2D eigenvalue weighted by atomic mass is 10.1. The molecule has 0 saturated carbocycles. The van der Waals surface area contributed by atoms with E-state index in [1.54, 1.807) is 18.2 Å². The van der Waals surface area contributed by atoms with Gasteiger partial charge in [0.15, 0.2) is 18.1 Å². The molecule has 2 saturated heterocycles. The van der Waals surface area contributed by atoms with Gasteiger partial charge >= 0.3 is 0 Å². The molecular weight excluding hydrogens is 394 g/mol. The smallest absolute Gasteiger partial charge is 0.260 e. The number of hydrogen-bond donors (Lipinski definition) is 2. The predicted molar refractivity (Wildman–Crippen MR) is 114 cm³/mol. The molecule has 2 amide bonds. The van der Waals surface area contributed by atoms with Gasteiger partial charge in [-0.05, 0) is 63.8 Å². The maximum Gasteiger partial charge on any atom is 0.260 e. The van der Waals surface area contributed by atoms with Crippen molar-refractivity contribution in [3.63, 3.8) is 0 Å².